The normalized spacial score (nSPS) is 23.5. The van der Waals surface area contributed by atoms with E-state index >= 15 is 0 Å². The standard InChI is InChI=1S/C22H29N5O3/c1-3-12-26(14-18-6-4-17(13-23)5-7-18)15-19(28)25-27-20(29)22(24-21(27)30)10-8-16(2)9-11-22/h4-7,16H,3,8-12,14-15H2,1-2H3,(H,24,30)(H,25,28). The summed E-state index contributed by atoms with van der Waals surface area (Å²) in [4.78, 5) is 39.8. The van der Waals surface area contributed by atoms with Crippen molar-refractivity contribution in [2.24, 2.45) is 5.92 Å². The minimum absolute atomic E-state index is 0.0644. The van der Waals surface area contributed by atoms with Crippen molar-refractivity contribution in [2.75, 3.05) is 13.1 Å². The molecule has 1 aliphatic carbocycles. The number of urea groups is 1. The van der Waals surface area contributed by atoms with Crippen LogP contribution < -0.4 is 10.7 Å². The molecule has 2 aliphatic rings. The number of carbonyl (C=O) groups excluding carboxylic acids is 3. The second-order valence-corrected chi connectivity index (χ2v) is 8.39. The van der Waals surface area contributed by atoms with Crippen molar-refractivity contribution in [3.8, 4) is 6.07 Å². The molecule has 0 bridgehead atoms. The van der Waals surface area contributed by atoms with E-state index in [0.29, 0.717) is 37.4 Å². The third kappa shape index (κ3) is 4.79. The quantitative estimate of drug-likeness (QED) is 0.670. The van der Waals surface area contributed by atoms with E-state index in [2.05, 4.69) is 23.7 Å². The van der Waals surface area contributed by atoms with Crippen LogP contribution in [-0.4, -0.2) is 46.4 Å². The number of nitrogens with zero attached hydrogens (tertiary/aromatic N) is 3. The van der Waals surface area contributed by atoms with E-state index < -0.39 is 17.5 Å². The first-order chi connectivity index (χ1) is 14.4. The summed E-state index contributed by atoms with van der Waals surface area (Å²) in [5, 5.41) is 12.6. The van der Waals surface area contributed by atoms with E-state index in [9.17, 15) is 14.4 Å². The zero-order valence-electron chi connectivity index (χ0n) is 17.6. The lowest BCUT2D eigenvalue weighted by Gasteiger charge is -2.33. The SMILES string of the molecule is CCCN(CC(=O)NN1C(=O)NC2(CCC(C)CC2)C1=O)Cc1ccc(C#N)cc1. The lowest BCUT2D eigenvalue weighted by molar-refractivity contribution is -0.140. The maximum Gasteiger partial charge on any atom is 0.344 e. The highest BCUT2D eigenvalue weighted by Gasteiger charge is 2.52. The molecule has 0 atom stereocenters. The summed E-state index contributed by atoms with van der Waals surface area (Å²) in [5.74, 6) is -0.225. The third-order valence-corrected chi connectivity index (χ3v) is 5.92. The van der Waals surface area contributed by atoms with E-state index in [4.69, 9.17) is 5.26 Å². The van der Waals surface area contributed by atoms with Gasteiger partial charge < -0.3 is 5.32 Å². The van der Waals surface area contributed by atoms with E-state index in [-0.39, 0.29) is 12.5 Å². The summed E-state index contributed by atoms with van der Waals surface area (Å²) in [7, 11) is 0. The zero-order chi connectivity index (χ0) is 21.7. The smallest absolute Gasteiger partial charge is 0.322 e. The van der Waals surface area contributed by atoms with Gasteiger partial charge in [-0.05, 0) is 62.3 Å². The van der Waals surface area contributed by atoms with Crippen molar-refractivity contribution in [3.63, 3.8) is 0 Å². The molecular weight excluding hydrogens is 382 g/mol. The molecule has 4 amide bonds. The van der Waals surface area contributed by atoms with Crippen LogP contribution in [0.15, 0.2) is 24.3 Å². The molecule has 3 rings (SSSR count). The van der Waals surface area contributed by atoms with Crippen LogP contribution in [0.4, 0.5) is 4.79 Å². The molecule has 8 heteroatoms. The molecule has 0 radical (unpaired) electrons. The molecule has 2 N–H and O–H groups in total. The number of benzene rings is 1. The molecule has 1 heterocycles. The molecule has 1 saturated heterocycles. The molecule has 1 aromatic rings. The Balaban J connectivity index is 1.60. The highest BCUT2D eigenvalue weighted by Crippen LogP contribution is 2.35. The van der Waals surface area contributed by atoms with Crippen molar-refractivity contribution < 1.29 is 14.4 Å². The number of nitrogens with one attached hydrogen (secondary N) is 2. The summed E-state index contributed by atoms with van der Waals surface area (Å²) in [5.41, 5.74) is 3.20. The largest absolute Gasteiger partial charge is 0.344 e. The average Bonchev–Trinajstić information content (AvgIpc) is 2.95. The van der Waals surface area contributed by atoms with Gasteiger partial charge >= 0.3 is 6.03 Å². The third-order valence-electron chi connectivity index (χ3n) is 5.92. The predicted octanol–water partition coefficient (Wildman–Crippen LogP) is 2.30. The van der Waals surface area contributed by atoms with Crippen molar-refractivity contribution in [2.45, 2.75) is 58.0 Å². The summed E-state index contributed by atoms with van der Waals surface area (Å²) in [6.07, 6.45) is 3.82. The molecular formula is C22H29N5O3. The molecule has 2 fully saturated rings. The molecule has 160 valence electrons. The second-order valence-electron chi connectivity index (χ2n) is 8.39. The Morgan fingerprint density at radius 1 is 1.30 bits per heavy atom. The number of hydrazine groups is 1. The molecule has 1 saturated carbocycles. The van der Waals surface area contributed by atoms with Crippen LogP contribution in [0.25, 0.3) is 0 Å². The molecule has 0 unspecified atom stereocenters. The highest BCUT2D eigenvalue weighted by atomic mass is 16.2. The van der Waals surface area contributed by atoms with Crippen LogP contribution in [-0.2, 0) is 16.1 Å². The van der Waals surface area contributed by atoms with Crippen LogP contribution in [0, 0.1) is 17.2 Å². The average molecular weight is 412 g/mol. The van der Waals surface area contributed by atoms with Gasteiger partial charge in [0.15, 0.2) is 0 Å². The molecule has 1 aliphatic heterocycles. The molecule has 1 spiro atoms. The van der Waals surface area contributed by atoms with E-state index in [1.165, 1.54) is 0 Å². The topological polar surface area (TPSA) is 106 Å². The predicted molar refractivity (Wildman–Crippen MR) is 111 cm³/mol. The van der Waals surface area contributed by atoms with Gasteiger partial charge in [0.1, 0.15) is 5.54 Å². The number of carbonyl (C=O) groups is 3. The maximum absolute atomic E-state index is 12.9. The van der Waals surface area contributed by atoms with Gasteiger partial charge in [0.05, 0.1) is 18.2 Å². The lowest BCUT2D eigenvalue weighted by Crippen LogP contribution is -2.52. The van der Waals surface area contributed by atoms with Gasteiger partial charge in [-0.15, -0.1) is 0 Å². The van der Waals surface area contributed by atoms with Crippen molar-refractivity contribution in [1.82, 2.24) is 20.7 Å². The van der Waals surface area contributed by atoms with Gasteiger partial charge in [-0.2, -0.15) is 10.3 Å². The van der Waals surface area contributed by atoms with Crippen LogP contribution >= 0.6 is 0 Å². The fourth-order valence-electron chi connectivity index (χ4n) is 4.15. The Morgan fingerprint density at radius 2 is 1.97 bits per heavy atom. The molecule has 1 aromatic carbocycles. The van der Waals surface area contributed by atoms with Gasteiger partial charge in [0.2, 0.25) is 0 Å². The maximum atomic E-state index is 12.9. The Bertz CT molecular complexity index is 837. The van der Waals surface area contributed by atoms with Crippen LogP contribution in [0.5, 0.6) is 0 Å². The summed E-state index contributed by atoms with van der Waals surface area (Å²) < 4.78 is 0. The number of amides is 4. The minimum Gasteiger partial charge on any atom is -0.322 e. The van der Waals surface area contributed by atoms with E-state index in [1.54, 1.807) is 12.1 Å². The first kappa shape index (κ1) is 21.8. The van der Waals surface area contributed by atoms with Crippen LogP contribution in [0.2, 0.25) is 0 Å². The first-order valence-electron chi connectivity index (χ1n) is 10.5. The minimum atomic E-state index is -0.873. The van der Waals surface area contributed by atoms with Crippen molar-refractivity contribution in [1.29, 1.82) is 5.26 Å². The van der Waals surface area contributed by atoms with Crippen LogP contribution in [0.1, 0.15) is 57.1 Å². The lowest BCUT2D eigenvalue weighted by atomic mass is 9.77. The Kier molecular flexibility index (Phi) is 6.73. The fraction of sp³-hybridized carbons (Fsp3) is 0.545. The fourth-order valence-corrected chi connectivity index (χ4v) is 4.15. The summed E-state index contributed by atoms with van der Waals surface area (Å²) in [6, 6.07) is 8.75. The number of hydrogen-bond donors (Lipinski definition) is 2. The van der Waals surface area contributed by atoms with Crippen LogP contribution in [0.3, 0.4) is 0 Å². The molecule has 0 aromatic heterocycles. The number of hydrogen-bond acceptors (Lipinski definition) is 5. The summed E-state index contributed by atoms with van der Waals surface area (Å²) in [6.45, 7) is 5.46. The van der Waals surface area contributed by atoms with Crippen molar-refractivity contribution >= 4 is 17.8 Å². The Hall–Kier alpha value is -2.92. The van der Waals surface area contributed by atoms with E-state index in [0.717, 1.165) is 29.8 Å². The number of nitriles is 1. The van der Waals surface area contributed by atoms with Gasteiger partial charge in [0.25, 0.3) is 11.8 Å². The second kappa shape index (κ2) is 9.26. The Morgan fingerprint density at radius 3 is 2.57 bits per heavy atom. The van der Waals surface area contributed by atoms with Gasteiger partial charge in [0, 0.05) is 6.54 Å². The molecule has 8 nitrogen and oxygen atoms in total. The van der Waals surface area contributed by atoms with Gasteiger partial charge in [-0.1, -0.05) is 26.0 Å². The van der Waals surface area contributed by atoms with Gasteiger partial charge in [-0.25, -0.2) is 4.79 Å². The van der Waals surface area contributed by atoms with Crippen molar-refractivity contribution in [3.05, 3.63) is 35.4 Å². The number of rotatable bonds is 7. The molecule has 30 heavy (non-hydrogen) atoms. The highest BCUT2D eigenvalue weighted by molar-refractivity contribution is 6.08. The van der Waals surface area contributed by atoms with E-state index in [1.807, 2.05) is 24.0 Å². The zero-order valence-corrected chi connectivity index (χ0v) is 17.6. The number of imide groups is 1. The summed E-state index contributed by atoms with van der Waals surface area (Å²) >= 11 is 0. The Labute approximate surface area is 177 Å². The first-order valence-corrected chi connectivity index (χ1v) is 10.5. The van der Waals surface area contributed by atoms with Gasteiger partial charge in [-0.3, -0.25) is 19.9 Å². The monoisotopic (exact) mass is 411 g/mol.